The molecule has 0 heterocycles. The molecule has 1 rings (SSSR count). The number of rotatable bonds is 6. The first-order chi connectivity index (χ1) is 7.59. The lowest BCUT2D eigenvalue weighted by Crippen LogP contribution is -2.10. The first-order valence-electron chi connectivity index (χ1n) is 5.35. The molecular weight excluding hydrogens is 317 g/mol. The van der Waals surface area contributed by atoms with E-state index in [0.29, 0.717) is 24.8 Å². The monoisotopic (exact) mass is 335 g/mol. The third-order valence-electron chi connectivity index (χ3n) is 1.91. The Kier molecular flexibility index (Phi) is 5.90. The number of hydrogen-bond donors (Lipinski definition) is 1. The molecule has 0 aromatic heterocycles. The quantitative estimate of drug-likeness (QED) is 0.494. The van der Waals surface area contributed by atoms with Crippen molar-refractivity contribution in [2.75, 3.05) is 25.6 Å². The van der Waals surface area contributed by atoms with Gasteiger partial charge in [0.15, 0.2) is 0 Å². The minimum Gasteiger partial charge on any atom is -0.489 e. The standard InChI is InChI=1S/C12H18INO2/c1-9(2)8-15-5-6-16-12-4-3-10(13)7-11(12)14/h3-4,7,9H,5-6,8,14H2,1-2H3. The summed E-state index contributed by atoms with van der Waals surface area (Å²) in [5.74, 6) is 1.29. The fourth-order valence-corrected chi connectivity index (χ4v) is 1.70. The Labute approximate surface area is 110 Å². The molecular formula is C12H18INO2. The third-order valence-corrected chi connectivity index (χ3v) is 2.58. The molecule has 0 amide bonds. The van der Waals surface area contributed by atoms with Crippen LogP contribution in [0.15, 0.2) is 18.2 Å². The molecule has 0 aliphatic rings. The van der Waals surface area contributed by atoms with Gasteiger partial charge in [0.2, 0.25) is 0 Å². The van der Waals surface area contributed by atoms with Gasteiger partial charge in [-0.3, -0.25) is 0 Å². The van der Waals surface area contributed by atoms with E-state index in [1.165, 1.54) is 0 Å². The minimum absolute atomic E-state index is 0.539. The Bertz CT molecular complexity index is 329. The number of hydrogen-bond acceptors (Lipinski definition) is 3. The van der Waals surface area contributed by atoms with Gasteiger partial charge in [-0.05, 0) is 46.7 Å². The highest BCUT2D eigenvalue weighted by Gasteiger charge is 2.00. The Morgan fingerprint density at radius 1 is 1.31 bits per heavy atom. The van der Waals surface area contributed by atoms with Crippen molar-refractivity contribution < 1.29 is 9.47 Å². The van der Waals surface area contributed by atoms with Crippen molar-refractivity contribution in [2.24, 2.45) is 5.92 Å². The number of halogens is 1. The second-order valence-electron chi connectivity index (χ2n) is 4.00. The summed E-state index contributed by atoms with van der Waals surface area (Å²) < 4.78 is 12.0. The molecule has 0 saturated carbocycles. The van der Waals surface area contributed by atoms with Gasteiger partial charge < -0.3 is 15.2 Å². The molecule has 2 N–H and O–H groups in total. The van der Waals surface area contributed by atoms with Crippen molar-refractivity contribution in [1.29, 1.82) is 0 Å². The van der Waals surface area contributed by atoms with E-state index < -0.39 is 0 Å². The summed E-state index contributed by atoms with van der Waals surface area (Å²) in [6, 6.07) is 5.76. The van der Waals surface area contributed by atoms with Gasteiger partial charge in [-0.15, -0.1) is 0 Å². The first kappa shape index (κ1) is 13.6. The van der Waals surface area contributed by atoms with Gasteiger partial charge in [-0.2, -0.15) is 0 Å². The summed E-state index contributed by atoms with van der Waals surface area (Å²) in [6.07, 6.45) is 0. The molecule has 0 bridgehead atoms. The molecule has 90 valence electrons. The highest BCUT2D eigenvalue weighted by Crippen LogP contribution is 2.23. The van der Waals surface area contributed by atoms with Gasteiger partial charge in [0.05, 0.1) is 12.3 Å². The Morgan fingerprint density at radius 3 is 2.69 bits per heavy atom. The molecule has 0 atom stereocenters. The van der Waals surface area contributed by atoms with Gasteiger partial charge in [0, 0.05) is 10.2 Å². The van der Waals surface area contributed by atoms with Crippen molar-refractivity contribution >= 4 is 28.3 Å². The van der Waals surface area contributed by atoms with E-state index in [1.54, 1.807) is 0 Å². The summed E-state index contributed by atoms with van der Waals surface area (Å²) in [6.45, 7) is 6.16. The fraction of sp³-hybridized carbons (Fsp3) is 0.500. The van der Waals surface area contributed by atoms with Crippen molar-refractivity contribution in [2.45, 2.75) is 13.8 Å². The first-order valence-corrected chi connectivity index (χ1v) is 6.43. The predicted molar refractivity (Wildman–Crippen MR) is 74.7 cm³/mol. The van der Waals surface area contributed by atoms with Gasteiger partial charge in [0.1, 0.15) is 12.4 Å². The number of nitrogens with two attached hydrogens (primary N) is 1. The van der Waals surface area contributed by atoms with E-state index in [2.05, 4.69) is 36.4 Å². The van der Waals surface area contributed by atoms with Crippen LogP contribution in [0.3, 0.4) is 0 Å². The van der Waals surface area contributed by atoms with Crippen molar-refractivity contribution in [3.8, 4) is 5.75 Å². The van der Waals surface area contributed by atoms with Gasteiger partial charge in [0.25, 0.3) is 0 Å². The van der Waals surface area contributed by atoms with Crippen LogP contribution in [0, 0.1) is 9.49 Å². The van der Waals surface area contributed by atoms with Crippen LogP contribution in [0.2, 0.25) is 0 Å². The Hall–Kier alpha value is -0.490. The third kappa shape index (κ3) is 5.03. The van der Waals surface area contributed by atoms with E-state index in [4.69, 9.17) is 15.2 Å². The maximum absolute atomic E-state index is 5.81. The van der Waals surface area contributed by atoms with Crippen LogP contribution in [0.5, 0.6) is 5.75 Å². The van der Waals surface area contributed by atoms with Crippen LogP contribution in [0.1, 0.15) is 13.8 Å². The van der Waals surface area contributed by atoms with Crippen molar-refractivity contribution in [3.05, 3.63) is 21.8 Å². The second-order valence-corrected chi connectivity index (χ2v) is 5.25. The lowest BCUT2D eigenvalue weighted by atomic mass is 10.2. The van der Waals surface area contributed by atoms with Crippen LogP contribution in [0.4, 0.5) is 5.69 Å². The summed E-state index contributed by atoms with van der Waals surface area (Å²) in [5.41, 5.74) is 6.49. The molecule has 0 unspecified atom stereocenters. The van der Waals surface area contributed by atoms with Crippen molar-refractivity contribution in [3.63, 3.8) is 0 Å². The normalized spacial score (nSPS) is 10.8. The predicted octanol–water partition coefficient (Wildman–Crippen LogP) is 2.92. The minimum atomic E-state index is 0.539. The highest BCUT2D eigenvalue weighted by molar-refractivity contribution is 14.1. The Balaban J connectivity index is 2.27. The van der Waals surface area contributed by atoms with E-state index in [1.807, 2.05) is 18.2 Å². The highest BCUT2D eigenvalue weighted by atomic mass is 127. The van der Waals surface area contributed by atoms with Crippen LogP contribution in [0.25, 0.3) is 0 Å². The average molecular weight is 335 g/mol. The zero-order valence-electron chi connectivity index (χ0n) is 9.70. The maximum atomic E-state index is 5.81. The van der Waals surface area contributed by atoms with Crippen molar-refractivity contribution in [1.82, 2.24) is 0 Å². The van der Waals surface area contributed by atoms with Crippen LogP contribution in [-0.2, 0) is 4.74 Å². The van der Waals surface area contributed by atoms with Crippen LogP contribution < -0.4 is 10.5 Å². The van der Waals surface area contributed by atoms with Gasteiger partial charge >= 0.3 is 0 Å². The number of anilines is 1. The molecule has 16 heavy (non-hydrogen) atoms. The SMILES string of the molecule is CC(C)COCCOc1ccc(I)cc1N. The number of ether oxygens (including phenoxy) is 2. The summed E-state index contributed by atoms with van der Waals surface area (Å²) in [4.78, 5) is 0. The maximum Gasteiger partial charge on any atom is 0.142 e. The smallest absolute Gasteiger partial charge is 0.142 e. The molecule has 0 spiro atoms. The Morgan fingerprint density at radius 2 is 2.06 bits per heavy atom. The van der Waals surface area contributed by atoms with E-state index in [0.717, 1.165) is 15.9 Å². The van der Waals surface area contributed by atoms with E-state index >= 15 is 0 Å². The summed E-state index contributed by atoms with van der Waals surface area (Å²) in [7, 11) is 0. The van der Waals surface area contributed by atoms with E-state index in [-0.39, 0.29) is 0 Å². The average Bonchev–Trinajstić information content (AvgIpc) is 2.20. The lowest BCUT2D eigenvalue weighted by molar-refractivity contribution is 0.0821. The van der Waals surface area contributed by atoms with Crippen LogP contribution >= 0.6 is 22.6 Å². The molecule has 1 aromatic carbocycles. The summed E-state index contributed by atoms with van der Waals surface area (Å²) >= 11 is 2.22. The molecule has 0 aliphatic carbocycles. The van der Waals surface area contributed by atoms with Gasteiger partial charge in [-0.1, -0.05) is 13.8 Å². The molecule has 1 aromatic rings. The summed E-state index contributed by atoms with van der Waals surface area (Å²) in [5, 5.41) is 0. The lowest BCUT2D eigenvalue weighted by Gasteiger charge is -2.10. The van der Waals surface area contributed by atoms with Gasteiger partial charge in [-0.25, -0.2) is 0 Å². The largest absolute Gasteiger partial charge is 0.489 e. The molecule has 0 aliphatic heterocycles. The zero-order chi connectivity index (χ0) is 12.0. The number of benzene rings is 1. The molecule has 0 saturated heterocycles. The van der Waals surface area contributed by atoms with Crippen LogP contribution in [-0.4, -0.2) is 19.8 Å². The zero-order valence-corrected chi connectivity index (χ0v) is 11.9. The second kappa shape index (κ2) is 6.96. The van der Waals surface area contributed by atoms with E-state index in [9.17, 15) is 0 Å². The molecule has 0 radical (unpaired) electrons. The molecule has 4 heteroatoms. The molecule has 3 nitrogen and oxygen atoms in total. The fourth-order valence-electron chi connectivity index (χ4n) is 1.18. The topological polar surface area (TPSA) is 44.5 Å². The molecule has 0 fully saturated rings. The number of nitrogen functional groups attached to an aromatic ring is 1.